The van der Waals surface area contributed by atoms with Crippen molar-refractivity contribution < 1.29 is 9.18 Å². The van der Waals surface area contributed by atoms with Crippen LogP contribution in [0.15, 0.2) is 36.9 Å². The van der Waals surface area contributed by atoms with E-state index in [9.17, 15) is 9.18 Å². The Hall–Kier alpha value is -3.03. The maximum Gasteiger partial charge on any atom is 0.239 e. The fourth-order valence-electron chi connectivity index (χ4n) is 2.70. The lowest BCUT2D eigenvalue weighted by Crippen LogP contribution is -2.41. The number of H-pyrrole nitrogens is 1. The molecular weight excluding hydrogens is 323 g/mol. The first-order valence-electron chi connectivity index (χ1n) is 7.92. The van der Waals surface area contributed by atoms with Gasteiger partial charge in [-0.05, 0) is 25.0 Å². The third-order valence-electron chi connectivity index (χ3n) is 3.84. The standard InChI is InChI=1S/C17H19FN6O/c1-11(7-12-5-3-4-6-13(12)18)23-14(25)8-24(2)17-15-16(20-9-19-15)21-10-22-17/h3-6,9-11H,7-8H2,1-2H3,(H,23,25)(H,19,20,21,22)/t11-/m1/s1. The minimum absolute atomic E-state index is 0.118. The van der Waals surface area contributed by atoms with E-state index in [-0.39, 0.29) is 24.3 Å². The molecule has 0 radical (unpaired) electrons. The molecule has 0 aliphatic carbocycles. The molecule has 0 saturated carbocycles. The second-order valence-electron chi connectivity index (χ2n) is 5.92. The van der Waals surface area contributed by atoms with Crippen LogP contribution in [0.1, 0.15) is 12.5 Å². The van der Waals surface area contributed by atoms with Crippen LogP contribution in [0.25, 0.3) is 11.2 Å². The van der Waals surface area contributed by atoms with Crippen LogP contribution in [-0.2, 0) is 11.2 Å². The van der Waals surface area contributed by atoms with E-state index in [1.807, 2.05) is 6.92 Å². The average molecular weight is 342 g/mol. The van der Waals surface area contributed by atoms with Crippen molar-refractivity contribution in [2.24, 2.45) is 0 Å². The van der Waals surface area contributed by atoms with Crippen LogP contribution < -0.4 is 10.2 Å². The van der Waals surface area contributed by atoms with Crippen molar-refractivity contribution in [2.45, 2.75) is 19.4 Å². The maximum atomic E-state index is 13.7. The molecule has 3 aromatic rings. The predicted octanol–water partition coefficient (Wildman–Crippen LogP) is 1.68. The zero-order chi connectivity index (χ0) is 17.8. The monoisotopic (exact) mass is 342 g/mol. The van der Waals surface area contributed by atoms with Gasteiger partial charge >= 0.3 is 0 Å². The second-order valence-corrected chi connectivity index (χ2v) is 5.92. The molecule has 2 aromatic heterocycles. The number of fused-ring (bicyclic) bond motifs is 1. The molecule has 0 fully saturated rings. The highest BCUT2D eigenvalue weighted by Gasteiger charge is 2.15. The van der Waals surface area contributed by atoms with Gasteiger partial charge in [0.1, 0.15) is 17.7 Å². The number of halogens is 1. The summed E-state index contributed by atoms with van der Waals surface area (Å²) in [6, 6.07) is 6.39. The Kier molecular flexibility index (Phi) is 4.87. The Balaban J connectivity index is 1.60. The summed E-state index contributed by atoms with van der Waals surface area (Å²) in [7, 11) is 1.77. The van der Waals surface area contributed by atoms with Crippen molar-refractivity contribution in [3.8, 4) is 0 Å². The molecule has 2 N–H and O–H groups in total. The highest BCUT2D eigenvalue weighted by atomic mass is 19.1. The van der Waals surface area contributed by atoms with Gasteiger partial charge in [-0.1, -0.05) is 18.2 Å². The number of nitrogens with zero attached hydrogens (tertiary/aromatic N) is 4. The summed E-state index contributed by atoms with van der Waals surface area (Å²) in [5, 5.41) is 2.88. The number of hydrogen-bond donors (Lipinski definition) is 2. The molecule has 0 unspecified atom stereocenters. The Labute approximate surface area is 144 Å². The van der Waals surface area contributed by atoms with Crippen LogP contribution in [-0.4, -0.2) is 45.5 Å². The van der Waals surface area contributed by atoms with E-state index in [0.717, 1.165) is 0 Å². The first-order chi connectivity index (χ1) is 12.0. The third-order valence-corrected chi connectivity index (χ3v) is 3.84. The molecule has 1 atom stereocenters. The van der Waals surface area contributed by atoms with E-state index in [4.69, 9.17) is 0 Å². The molecule has 0 bridgehead atoms. The number of hydrogen-bond acceptors (Lipinski definition) is 5. The molecule has 1 amide bonds. The summed E-state index contributed by atoms with van der Waals surface area (Å²) in [4.78, 5) is 29.3. The number of carbonyl (C=O) groups is 1. The van der Waals surface area contributed by atoms with Gasteiger partial charge in [-0.3, -0.25) is 4.79 Å². The number of likely N-dealkylation sites (N-methyl/N-ethyl adjacent to an activating group) is 1. The molecule has 0 spiro atoms. The largest absolute Gasteiger partial charge is 0.352 e. The molecule has 130 valence electrons. The second kappa shape index (κ2) is 7.25. The van der Waals surface area contributed by atoms with Crippen molar-refractivity contribution in [3.05, 3.63) is 48.3 Å². The Morgan fingerprint density at radius 3 is 2.92 bits per heavy atom. The van der Waals surface area contributed by atoms with Gasteiger partial charge in [0, 0.05) is 13.1 Å². The summed E-state index contributed by atoms with van der Waals surface area (Å²) in [6.07, 6.45) is 3.38. The Bertz CT molecular complexity index is 880. The zero-order valence-electron chi connectivity index (χ0n) is 14.0. The lowest BCUT2D eigenvalue weighted by Gasteiger charge is -2.20. The van der Waals surface area contributed by atoms with Crippen molar-refractivity contribution in [1.29, 1.82) is 0 Å². The molecule has 3 rings (SSSR count). The van der Waals surface area contributed by atoms with E-state index in [0.29, 0.717) is 29.0 Å². The summed E-state index contributed by atoms with van der Waals surface area (Å²) in [5.74, 6) is 0.167. The molecule has 25 heavy (non-hydrogen) atoms. The quantitative estimate of drug-likeness (QED) is 0.712. The number of nitrogens with one attached hydrogen (secondary N) is 2. The number of anilines is 1. The number of benzene rings is 1. The van der Waals surface area contributed by atoms with Gasteiger partial charge in [0.2, 0.25) is 5.91 Å². The van der Waals surface area contributed by atoms with Gasteiger partial charge < -0.3 is 15.2 Å². The van der Waals surface area contributed by atoms with Crippen molar-refractivity contribution >= 4 is 22.9 Å². The van der Waals surface area contributed by atoms with Crippen molar-refractivity contribution in [1.82, 2.24) is 25.3 Å². The highest BCUT2D eigenvalue weighted by Crippen LogP contribution is 2.17. The molecule has 0 aliphatic heterocycles. The normalized spacial score (nSPS) is 12.1. The van der Waals surface area contributed by atoms with Crippen molar-refractivity contribution in [3.63, 3.8) is 0 Å². The zero-order valence-corrected chi connectivity index (χ0v) is 14.0. The van der Waals surface area contributed by atoms with E-state index < -0.39 is 0 Å². The minimum Gasteiger partial charge on any atom is -0.352 e. The molecule has 8 heteroatoms. The SMILES string of the molecule is C[C@H](Cc1ccccc1F)NC(=O)CN(C)c1ncnc2nc[nH]c12. The summed E-state index contributed by atoms with van der Waals surface area (Å²) < 4.78 is 13.7. The number of rotatable bonds is 6. The maximum absolute atomic E-state index is 13.7. The van der Waals surface area contributed by atoms with Crippen LogP contribution in [0.2, 0.25) is 0 Å². The highest BCUT2D eigenvalue weighted by molar-refractivity contribution is 5.87. The van der Waals surface area contributed by atoms with Crippen molar-refractivity contribution in [2.75, 3.05) is 18.5 Å². The van der Waals surface area contributed by atoms with Crippen LogP contribution in [0.3, 0.4) is 0 Å². The van der Waals surface area contributed by atoms with Gasteiger partial charge in [-0.15, -0.1) is 0 Å². The molecule has 2 heterocycles. The van der Waals surface area contributed by atoms with E-state index >= 15 is 0 Å². The van der Waals surface area contributed by atoms with Gasteiger partial charge in [0.25, 0.3) is 0 Å². The van der Waals surface area contributed by atoms with Gasteiger partial charge in [-0.2, -0.15) is 0 Å². The van der Waals surface area contributed by atoms with Gasteiger partial charge in [0.05, 0.1) is 12.9 Å². The number of carbonyl (C=O) groups excluding carboxylic acids is 1. The molecule has 0 aliphatic rings. The molecule has 1 aromatic carbocycles. The topological polar surface area (TPSA) is 86.8 Å². The van der Waals surface area contributed by atoms with E-state index in [2.05, 4.69) is 25.3 Å². The Morgan fingerprint density at radius 2 is 2.12 bits per heavy atom. The van der Waals surface area contributed by atoms with E-state index in [1.54, 1.807) is 30.1 Å². The number of aromatic nitrogens is 4. The lowest BCUT2D eigenvalue weighted by molar-refractivity contribution is -0.120. The third kappa shape index (κ3) is 3.90. The van der Waals surface area contributed by atoms with Crippen LogP contribution in [0.5, 0.6) is 0 Å². The van der Waals surface area contributed by atoms with Crippen LogP contribution in [0, 0.1) is 5.82 Å². The number of aromatic amines is 1. The van der Waals surface area contributed by atoms with E-state index in [1.165, 1.54) is 18.7 Å². The summed E-state index contributed by atoms with van der Waals surface area (Å²) >= 11 is 0. The first-order valence-corrected chi connectivity index (χ1v) is 7.92. The summed E-state index contributed by atoms with van der Waals surface area (Å²) in [5.41, 5.74) is 1.81. The molecule has 0 saturated heterocycles. The molecule has 7 nitrogen and oxygen atoms in total. The lowest BCUT2D eigenvalue weighted by atomic mass is 10.1. The minimum atomic E-state index is -0.261. The number of imidazole rings is 1. The number of amides is 1. The summed E-state index contributed by atoms with van der Waals surface area (Å²) in [6.45, 7) is 1.97. The first kappa shape index (κ1) is 16.8. The van der Waals surface area contributed by atoms with Gasteiger partial charge in [-0.25, -0.2) is 19.3 Å². The van der Waals surface area contributed by atoms with Crippen LogP contribution in [0.4, 0.5) is 10.2 Å². The average Bonchev–Trinajstić information content (AvgIpc) is 3.05. The predicted molar refractivity (Wildman–Crippen MR) is 92.7 cm³/mol. The Morgan fingerprint density at radius 1 is 1.32 bits per heavy atom. The fourth-order valence-corrected chi connectivity index (χ4v) is 2.70. The smallest absolute Gasteiger partial charge is 0.239 e. The van der Waals surface area contributed by atoms with Crippen LogP contribution >= 0.6 is 0 Å². The molecular formula is C17H19FN6O. The van der Waals surface area contributed by atoms with Gasteiger partial charge in [0.15, 0.2) is 11.5 Å². The fraction of sp³-hybridized carbons (Fsp3) is 0.294.